The van der Waals surface area contributed by atoms with Gasteiger partial charge in [-0.1, -0.05) is 0 Å². The van der Waals surface area contributed by atoms with Crippen LogP contribution in [0, 0.1) is 5.41 Å². The summed E-state index contributed by atoms with van der Waals surface area (Å²) in [5.74, 6) is -0.485. The van der Waals surface area contributed by atoms with Crippen LogP contribution in [0.4, 0.5) is 0 Å². The van der Waals surface area contributed by atoms with Gasteiger partial charge < -0.3 is 20.4 Å². The molecule has 0 aliphatic carbocycles. The molecule has 0 fully saturated rings. The summed E-state index contributed by atoms with van der Waals surface area (Å²) in [4.78, 5) is 0. The van der Waals surface area contributed by atoms with Gasteiger partial charge in [0.25, 0.3) is 0 Å². The van der Waals surface area contributed by atoms with Crippen molar-refractivity contribution >= 4 is 0 Å². The van der Waals surface area contributed by atoms with Crippen LogP contribution in [0.3, 0.4) is 0 Å². The molecule has 0 saturated carbocycles. The Kier molecular flexibility index (Phi) is 4.51. The highest BCUT2D eigenvalue weighted by Crippen LogP contribution is 2.31. The average molecular weight is 188 g/mol. The Labute approximate surface area is 77.5 Å². The van der Waals surface area contributed by atoms with E-state index in [4.69, 9.17) is 10.2 Å². The van der Waals surface area contributed by atoms with Crippen molar-refractivity contribution in [2.24, 2.45) is 5.41 Å². The molecule has 0 atom stereocenters. The zero-order valence-electron chi connectivity index (χ0n) is 7.86. The maximum Gasteiger partial charge on any atom is 0.129 e. The molecule has 0 heterocycles. The van der Waals surface area contributed by atoms with Crippen LogP contribution >= 0.6 is 0 Å². The number of rotatable bonds is 4. The minimum Gasteiger partial charge on any atom is -0.511 e. The predicted octanol–water partition coefficient (Wildman–Crippen LogP) is 0.881. The van der Waals surface area contributed by atoms with Crippen molar-refractivity contribution in [3.8, 4) is 0 Å². The molecule has 0 saturated heterocycles. The van der Waals surface area contributed by atoms with Crippen LogP contribution in [-0.4, -0.2) is 33.6 Å². The number of aliphatic hydroxyl groups excluding tert-OH is 4. The third-order valence-corrected chi connectivity index (χ3v) is 2.07. The molecule has 0 radical (unpaired) electrons. The Bertz CT molecular complexity index is 194. The standard InChI is InChI=1S/C9H16O4/c1-3-7(12)9(5-10,6-11)8(13)4-2/h3-4,10-13H,5-6H2,1-2H3. The Morgan fingerprint density at radius 3 is 1.46 bits per heavy atom. The molecule has 0 aromatic rings. The SMILES string of the molecule is CC=C(O)C(CO)(CO)C(O)=CC. The summed E-state index contributed by atoms with van der Waals surface area (Å²) < 4.78 is 0. The van der Waals surface area contributed by atoms with Gasteiger partial charge >= 0.3 is 0 Å². The van der Waals surface area contributed by atoms with Crippen LogP contribution in [0.15, 0.2) is 23.7 Å². The molecule has 0 aromatic carbocycles. The van der Waals surface area contributed by atoms with Gasteiger partial charge in [0.15, 0.2) is 0 Å². The third kappa shape index (κ3) is 2.02. The van der Waals surface area contributed by atoms with E-state index < -0.39 is 18.6 Å². The molecule has 0 amide bonds. The lowest BCUT2D eigenvalue weighted by Gasteiger charge is -2.28. The van der Waals surface area contributed by atoms with Gasteiger partial charge in [0.1, 0.15) is 16.9 Å². The monoisotopic (exact) mass is 188 g/mol. The first-order chi connectivity index (χ1) is 6.08. The summed E-state index contributed by atoms with van der Waals surface area (Å²) in [5, 5.41) is 36.9. The summed E-state index contributed by atoms with van der Waals surface area (Å²) in [6, 6.07) is 0. The van der Waals surface area contributed by atoms with E-state index in [1.807, 2.05) is 0 Å². The van der Waals surface area contributed by atoms with Gasteiger partial charge in [-0.2, -0.15) is 0 Å². The highest BCUT2D eigenvalue weighted by atomic mass is 16.3. The molecule has 13 heavy (non-hydrogen) atoms. The first-order valence-corrected chi connectivity index (χ1v) is 4.02. The first-order valence-electron chi connectivity index (χ1n) is 4.02. The fourth-order valence-corrected chi connectivity index (χ4v) is 1.06. The minimum absolute atomic E-state index is 0.242. The lowest BCUT2D eigenvalue weighted by Crippen LogP contribution is -2.34. The molecule has 0 spiro atoms. The normalized spacial score (nSPS) is 14.8. The second-order valence-corrected chi connectivity index (χ2v) is 2.75. The molecule has 4 heteroatoms. The zero-order chi connectivity index (χ0) is 10.5. The van der Waals surface area contributed by atoms with E-state index in [0.29, 0.717) is 0 Å². The van der Waals surface area contributed by atoms with Crippen molar-refractivity contribution in [2.75, 3.05) is 13.2 Å². The van der Waals surface area contributed by atoms with Gasteiger partial charge in [0, 0.05) is 0 Å². The highest BCUT2D eigenvalue weighted by molar-refractivity contribution is 5.20. The van der Waals surface area contributed by atoms with E-state index in [1.54, 1.807) is 13.8 Å². The van der Waals surface area contributed by atoms with Crippen molar-refractivity contribution in [3.63, 3.8) is 0 Å². The van der Waals surface area contributed by atoms with Gasteiger partial charge in [-0.25, -0.2) is 0 Å². The third-order valence-electron chi connectivity index (χ3n) is 2.07. The topological polar surface area (TPSA) is 80.9 Å². The summed E-state index contributed by atoms with van der Waals surface area (Å²) >= 11 is 0. The van der Waals surface area contributed by atoms with E-state index in [9.17, 15) is 10.2 Å². The van der Waals surface area contributed by atoms with Crippen molar-refractivity contribution in [3.05, 3.63) is 23.7 Å². The van der Waals surface area contributed by atoms with Crippen LogP contribution < -0.4 is 0 Å². The minimum atomic E-state index is -1.45. The van der Waals surface area contributed by atoms with E-state index in [-0.39, 0.29) is 11.5 Å². The number of allylic oxidation sites excluding steroid dienone is 2. The molecule has 0 aliphatic rings. The molecule has 0 unspecified atom stereocenters. The second kappa shape index (κ2) is 4.89. The summed E-state index contributed by atoms with van der Waals surface area (Å²) in [7, 11) is 0. The van der Waals surface area contributed by atoms with Crippen LogP contribution in [0.5, 0.6) is 0 Å². The quantitative estimate of drug-likeness (QED) is 0.494. The Hall–Kier alpha value is -1.00. The van der Waals surface area contributed by atoms with Gasteiger partial charge in [-0.05, 0) is 26.0 Å². The lowest BCUT2D eigenvalue weighted by molar-refractivity contribution is 0.0452. The van der Waals surface area contributed by atoms with Gasteiger partial charge in [-0.3, -0.25) is 0 Å². The molecule has 0 bridgehead atoms. The van der Waals surface area contributed by atoms with Crippen molar-refractivity contribution in [1.29, 1.82) is 0 Å². The summed E-state index contributed by atoms with van der Waals surface area (Å²) in [5.41, 5.74) is -1.45. The van der Waals surface area contributed by atoms with Gasteiger partial charge in [0.05, 0.1) is 13.2 Å². The van der Waals surface area contributed by atoms with Crippen LogP contribution in [0.25, 0.3) is 0 Å². The second-order valence-electron chi connectivity index (χ2n) is 2.75. The number of hydrogen-bond acceptors (Lipinski definition) is 4. The number of aliphatic hydroxyl groups is 4. The molecule has 4 N–H and O–H groups in total. The first kappa shape index (κ1) is 12.0. The molecular weight excluding hydrogens is 172 g/mol. The van der Waals surface area contributed by atoms with Crippen molar-refractivity contribution in [1.82, 2.24) is 0 Å². The fourth-order valence-electron chi connectivity index (χ4n) is 1.06. The Morgan fingerprint density at radius 2 is 1.31 bits per heavy atom. The largest absolute Gasteiger partial charge is 0.511 e. The van der Waals surface area contributed by atoms with Gasteiger partial charge in [0.2, 0.25) is 0 Å². The van der Waals surface area contributed by atoms with Crippen LogP contribution in [0.2, 0.25) is 0 Å². The van der Waals surface area contributed by atoms with Crippen molar-refractivity contribution in [2.45, 2.75) is 13.8 Å². The maximum atomic E-state index is 9.41. The smallest absolute Gasteiger partial charge is 0.129 e. The molecular formula is C9H16O4. The molecule has 0 aromatic heterocycles. The summed E-state index contributed by atoms with van der Waals surface area (Å²) in [6.45, 7) is 2.02. The van der Waals surface area contributed by atoms with E-state index in [1.165, 1.54) is 12.2 Å². The fraction of sp³-hybridized carbons (Fsp3) is 0.556. The maximum absolute atomic E-state index is 9.41. The Morgan fingerprint density at radius 1 is 1.00 bits per heavy atom. The average Bonchev–Trinajstić information content (AvgIpc) is 2.19. The molecule has 0 rings (SSSR count). The molecule has 76 valence electrons. The number of hydrogen-bond donors (Lipinski definition) is 4. The van der Waals surface area contributed by atoms with Crippen molar-refractivity contribution < 1.29 is 20.4 Å². The molecule has 0 aliphatic heterocycles. The van der Waals surface area contributed by atoms with E-state index in [2.05, 4.69) is 0 Å². The lowest BCUT2D eigenvalue weighted by atomic mass is 9.85. The zero-order valence-corrected chi connectivity index (χ0v) is 7.86. The summed E-state index contributed by atoms with van der Waals surface area (Å²) in [6.07, 6.45) is 2.65. The van der Waals surface area contributed by atoms with Gasteiger partial charge in [-0.15, -0.1) is 0 Å². The molecule has 4 nitrogen and oxygen atoms in total. The van der Waals surface area contributed by atoms with E-state index >= 15 is 0 Å². The highest BCUT2D eigenvalue weighted by Gasteiger charge is 2.37. The Balaban J connectivity index is 5.15. The predicted molar refractivity (Wildman–Crippen MR) is 49.4 cm³/mol. The van der Waals surface area contributed by atoms with Crippen LogP contribution in [-0.2, 0) is 0 Å². The van der Waals surface area contributed by atoms with E-state index in [0.717, 1.165) is 0 Å². The van der Waals surface area contributed by atoms with Crippen LogP contribution in [0.1, 0.15) is 13.8 Å².